The van der Waals surface area contributed by atoms with E-state index in [-0.39, 0.29) is 17.5 Å². The topological polar surface area (TPSA) is 106 Å². The lowest BCUT2D eigenvalue weighted by atomic mass is 10.3. The van der Waals surface area contributed by atoms with Gasteiger partial charge < -0.3 is 11.1 Å². The van der Waals surface area contributed by atoms with Gasteiger partial charge in [-0.3, -0.25) is 14.3 Å². The molecule has 0 radical (unpaired) electrons. The third-order valence-electron chi connectivity index (χ3n) is 2.92. The molecule has 1 atom stereocenters. The van der Waals surface area contributed by atoms with Crippen LogP contribution in [0.3, 0.4) is 0 Å². The monoisotopic (exact) mass is 295 g/mol. The molecule has 0 aliphatic heterocycles. The van der Waals surface area contributed by atoms with E-state index in [1.807, 2.05) is 19.2 Å². The molecule has 7 nitrogen and oxygen atoms in total. The first-order chi connectivity index (χ1) is 9.43. The number of anilines is 2. The van der Waals surface area contributed by atoms with Gasteiger partial charge in [-0.05, 0) is 20.8 Å². The van der Waals surface area contributed by atoms with Crippen molar-refractivity contribution in [1.29, 1.82) is 0 Å². The molecule has 0 saturated heterocycles. The molecule has 0 aliphatic carbocycles. The number of nitrogens with two attached hydrogens (primary N) is 1. The van der Waals surface area contributed by atoms with Crippen molar-refractivity contribution in [3.05, 3.63) is 36.9 Å². The summed E-state index contributed by atoms with van der Waals surface area (Å²) in [6.45, 7) is 5.97. The van der Waals surface area contributed by atoms with Gasteiger partial charge in [-0.15, -0.1) is 11.3 Å². The van der Waals surface area contributed by atoms with Crippen molar-refractivity contribution >= 4 is 22.8 Å². The highest BCUT2D eigenvalue weighted by Gasteiger charge is 2.16. The van der Waals surface area contributed by atoms with E-state index in [1.165, 1.54) is 15.9 Å². The minimum absolute atomic E-state index is 0.140. The van der Waals surface area contributed by atoms with Gasteiger partial charge >= 0.3 is 5.69 Å². The lowest BCUT2D eigenvalue weighted by Crippen LogP contribution is -2.34. The van der Waals surface area contributed by atoms with Crippen LogP contribution in [0.15, 0.2) is 15.0 Å². The second-order valence-corrected chi connectivity index (χ2v) is 5.35. The average molecular weight is 295 g/mol. The molecular formula is C12H17N5O2S. The Hall–Kier alpha value is -2.09. The third-order valence-corrected chi connectivity index (χ3v) is 4.07. The van der Waals surface area contributed by atoms with Crippen LogP contribution in [0.25, 0.3) is 0 Å². The SMILES string of the molecule is CCn1c(N)c(NC(C)c2nc(C)cs2)c(=O)[nH]c1=O. The number of nitrogens with one attached hydrogen (secondary N) is 2. The normalized spacial score (nSPS) is 12.3. The molecule has 108 valence electrons. The summed E-state index contributed by atoms with van der Waals surface area (Å²) < 4.78 is 1.31. The molecule has 4 N–H and O–H groups in total. The van der Waals surface area contributed by atoms with E-state index in [4.69, 9.17) is 5.73 Å². The van der Waals surface area contributed by atoms with Crippen LogP contribution in [-0.4, -0.2) is 14.5 Å². The van der Waals surface area contributed by atoms with Gasteiger partial charge in [0.25, 0.3) is 5.56 Å². The van der Waals surface area contributed by atoms with Crippen LogP contribution in [0.5, 0.6) is 0 Å². The molecule has 0 aliphatic rings. The highest BCUT2D eigenvalue weighted by atomic mass is 32.1. The minimum atomic E-state index is -0.516. The molecule has 2 aromatic rings. The van der Waals surface area contributed by atoms with Crippen LogP contribution in [0.2, 0.25) is 0 Å². The molecule has 0 saturated carbocycles. The largest absolute Gasteiger partial charge is 0.383 e. The maximum atomic E-state index is 11.9. The van der Waals surface area contributed by atoms with Crippen molar-refractivity contribution in [3.63, 3.8) is 0 Å². The average Bonchev–Trinajstić information content (AvgIpc) is 2.81. The van der Waals surface area contributed by atoms with Crippen LogP contribution in [-0.2, 0) is 6.54 Å². The Morgan fingerprint density at radius 1 is 1.55 bits per heavy atom. The molecule has 0 spiro atoms. The number of H-pyrrole nitrogens is 1. The summed E-state index contributed by atoms with van der Waals surface area (Å²) in [5, 5.41) is 5.82. The van der Waals surface area contributed by atoms with Gasteiger partial charge in [-0.2, -0.15) is 0 Å². The molecule has 0 amide bonds. The van der Waals surface area contributed by atoms with E-state index in [9.17, 15) is 9.59 Å². The number of aromatic nitrogens is 3. The van der Waals surface area contributed by atoms with Crippen molar-refractivity contribution < 1.29 is 0 Å². The predicted molar refractivity (Wildman–Crippen MR) is 80.3 cm³/mol. The molecule has 0 fully saturated rings. The zero-order valence-electron chi connectivity index (χ0n) is 11.6. The van der Waals surface area contributed by atoms with Gasteiger partial charge in [0, 0.05) is 17.6 Å². The quantitative estimate of drug-likeness (QED) is 0.782. The van der Waals surface area contributed by atoms with Gasteiger partial charge in [0.15, 0.2) is 0 Å². The number of nitrogen functional groups attached to an aromatic ring is 1. The van der Waals surface area contributed by atoms with E-state index in [0.717, 1.165) is 10.7 Å². The van der Waals surface area contributed by atoms with Crippen molar-refractivity contribution in [2.24, 2.45) is 0 Å². The minimum Gasteiger partial charge on any atom is -0.383 e. The smallest absolute Gasteiger partial charge is 0.330 e. The van der Waals surface area contributed by atoms with Crippen LogP contribution >= 0.6 is 11.3 Å². The Morgan fingerprint density at radius 3 is 2.80 bits per heavy atom. The lowest BCUT2D eigenvalue weighted by Gasteiger charge is -2.16. The van der Waals surface area contributed by atoms with Crippen LogP contribution in [0.1, 0.15) is 30.6 Å². The summed E-state index contributed by atoms with van der Waals surface area (Å²) in [7, 11) is 0. The fraction of sp³-hybridized carbons (Fsp3) is 0.417. The first kappa shape index (κ1) is 14.3. The van der Waals surface area contributed by atoms with Gasteiger partial charge in [-0.25, -0.2) is 9.78 Å². The highest BCUT2D eigenvalue weighted by Crippen LogP contribution is 2.22. The first-order valence-electron chi connectivity index (χ1n) is 6.25. The van der Waals surface area contributed by atoms with Gasteiger partial charge in [0.05, 0.1) is 6.04 Å². The fourth-order valence-electron chi connectivity index (χ4n) is 1.89. The van der Waals surface area contributed by atoms with Crippen LogP contribution < -0.4 is 22.3 Å². The number of hydrogen-bond acceptors (Lipinski definition) is 6. The van der Waals surface area contributed by atoms with E-state index < -0.39 is 11.2 Å². The maximum Gasteiger partial charge on any atom is 0.330 e. The van der Waals surface area contributed by atoms with Crippen molar-refractivity contribution in [2.75, 3.05) is 11.1 Å². The van der Waals surface area contributed by atoms with Gasteiger partial charge in [-0.1, -0.05) is 0 Å². The molecule has 2 rings (SSSR count). The van der Waals surface area contributed by atoms with Crippen LogP contribution in [0, 0.1) is 6.92 Å². The van der Waals surface area contributed by atoms with E-state index in [2.05, 4.69) is 15.3 Å². The Kier molecular flexibility index (Phi) is 3.93. The molecule has 0 bridgehead atoms. The number of rotatable bonds is 4. The number of aryl methyl sites for hydroxylation is 1. The molecule has 8 heteroatoms. The third kappa shape index (κ3) is 2.60. The molecule has 0 aromatic carbocycles. The van der Waals surface area contributed by atoms with Crippen LogP contribution in [0.4, 0.5) is 11.5 Å². The van der Waals surface area contributed by atoms with E-state index in [0.29, 0.717) is 6.54 Å². The van der Waals surface area contributed by atoms with E-state index in [1.54, 1.807) is 6.92 Å². The summed E-state index contributed by atoms with van der Waals surface area (Å²) >= 11 is 1.51. The maximum absolute atomic E-state index is 11.9. The number of aromatic amines is 1. The Bertz CT molecular complexity index is 730. The predicted octanol–water partition coefficient (Wildman–Crippen LogP) is 1.08. The standard InChI is InChI=1S/C12H17N5O2S/c1-4-17-9(13)8(10(18)16-12(17)19)15-7(3)11-14-6(2)5-20-11/h5,7,15H,4,13H2,1-3H3,(H,16,18,19). The van der Waals surface area contributed by atoms with Crippen molar-refractivity contribution in [2.45, 2.75) is 33.4 Å². The molecule has 20 heavy (non-hydrogen) atoms. The fourth-order valence-corrected chi connectivity index (χ4v) is 2.69. The molecule has 2 aromatic heterocycles. The summed E-state index contributed by atoms with van der Waals surface area (Å²) in [5.74, 6) is 0.140. The van der Waals surface area contributed by atoms with Crippen molar-refractivity contribution in [3.8, 4) is 0 Å². The Labute approximate surface area is 119 Å². The molecule has 2 heterocycles. The number of hydrogen-bond donors (Lipinski definition) is 3. The summed E-state index contributed by atoms with van der Waals surface area (Å²) in [5.41, 5.74) is 6.00. The number of nitrogens with zero attached hydrogens (tertiary/aromatic N) is 2. The molecular weight excluding hydrogens is 278 g/mol. The zero-order chi connectivity index (χ0) is 14.9. The van der Waals surface area contributed by atoms with Crippen molar-refractivity contribution in [1.82, 2.24) is 14.5 Å². The molecule has 1 unspecified atom stereocenters. The second kappa shape index (κ2) is 5.49. The Morgan fingerprint density at radius 2 is 2.25 bits per heavy atom. The van der Waals surface area contributed by atoms with E-state index >= 15 is 0 Å². The second-order valence-electron chi connectivity index (χ2n) is 4.46. The lowest BCUT2D eigenvalue weighted by molar-refractivity contribution is 0.703. The summed E-state index contributed by atoms with van der Waals surface area (Å²) in [6, 6.07) is -0.167. The zero-order valence-corrected chi connectivity index (χ0v) is 12.4. The summed E-state index contributed by atoms with van der Waals surface area (Å²) in [4.78, 5) is 30.1. The number of thiazole rings is 1. The Balaban J connectivity index is 2.39. The van der Waals surface area contributed by atoms with Gasteiger partial charge in [0.2, 0.25) is 0 Å². The first-order valence-corrected chi connectivity index (χ1v) is 7.13. The van der Waals surface area contributed by atoms with Gasteiger partial charge in [0.1, 0.15) is 16.5 Å². The highest BCUT2D eigenvalue weighted by molar-refractivity contribution is 7.09. The summed E-state index contributed by atoms with van der Waals surface area (Å²) in [6.07, 6.45) is 0.